The van der Waals surface area contributed by atoms with E-state index in [1.807, 2.05) is 18.2 Å². The molecule has 0 aromatic heterocycles. The number of hydrogen-bond acceptors (Lipinski definition) is 4. The second-order valence-electron chi connectivity index (χ2n) is 5.53. The molecule has 1 aromatic carbocycles. The zero-order valence-corrected chi connectivity index (χ0v) is 11.8. The van der Waals surface area contributed by atoms with Gasteiger partial charge in [-0.3, -0.25) is 4.90 Å². The van der Waals surface area contributed by atoms with Crippen LogP contribution in [0.4, 0.5) is 0 Å². The summed E-state index contributed by atoms with van der Waals surface area (Å²) in [7, 11) is 0. The van der Waals surface area contributed by atoms with Crippen molar-refractivity contribution in [2.75, 3.05) is 19.8 Å². The summed E-state index contributed by atoms with van der Waals surface area (Å²) < 4.78 is 11.5. The fraction of sp³-hybridized carbons (Fsp3) is 0.562. The average molecular weight is 272 g/mol. The summed E-state index contributed by atoms with van der Waals surface area (Å²) in [4.78, 5) is 2.26. The lowest BCUT2D eigenvalue weighted by Crippen LogP contribution is -2.51. The molecule has 2 fully saturated rings. The maximum atomic E-state index is 9.50. The molecule has 0 N–H and O–H groups in total. The molecule has 2 atom stereocenters. The molecular weight excluding hydrogens is 252 g/mol. The van der Waals surface area contributed by atoms with E-state index in [0.29, 0.717) is 19.6 Å². The van der Waals surface area contributed by atoms with Crippen molar-refractivity contribution in [2.45, 2.75) is 37.6 Å². The first-order valence-corrected chi connectivity index (χ1v) is 7.22. The fourth-order valence-corrected chi connectivity index (χ4v) is 3.23. The van der Waals surface area contributed by atoms with E-state index in [0.717, 1.165) is 13.0 Å². The SMILES string of the molecule is C[C@@H](c1ccccc1)N1CCC2(C[C@@H]1C#N)OCCO2. The van der Waals surface area contributed by atoms with Gasteiger partial charge in [-0.05, 0) is 12.5 Å². The van der Waals surface area contributed by atoms with Gasteiger partial charge < -0.3 is 9.47 Å². The maximum Gasteiger partial charge on any atom is 0.172 e. The van der Waals surface area contributed by atoms with E-state index >= 15 is 0 Å². The highest BCUT2D eigenvalue weighted by Gasteiger charge is 2.45. The van der Waals surface area contributed by atoms with Crippen LogP contribution in [-0.2, 0) is 9.47 Å². The van der Waals surface area contributed by atoms with Gasteiger partial charge in [0.05, 0.1) is 19.3 Å². The van der Waals surface area contributed by atoms with E-state index in [1.54, 1.807) is 0 Å². The Kier molecular flexibility index (Phi) is 3.75. The molecule has 0 unspecified atom stereocenters. The first kappa shape index (κ1) is 13.6. The number of likely N-dealkylation sites (tertiary alicyclic amines) is 1. The first-order chi connectivity index (χ1) is 9.74. The molecule has 0 saturated carbocycles. The highest BCUT2D eigenvalue weighted by molar-refractivity contribution is 5.19. The lowest BCUT2D eigenvalue weighted by atomic mass is 9.93. The molecule has 1 aromatic rings. The lowest BCUT2D eigenvalue weighted by molar-refractivity contribution is -0.194. The van der Waals surface area contributed by atoms with Crippen molar-refractivity contribution in [2.24, 2.45) is 0 Å². The summed E-state index contributed by atoms with van der Waals surface area (Å²) in [6.45, 7) is 4.28. The Morgan fingerprint density at radius 2 is 2.00 bits per heavy atom. The zero-order valence-electron chi connectivity index (χ0n) is 11.8. The molecule has 1 spiro atoms. The van der Waals surface area contributed by atoms with Gasteiger partial charge in [0.15, 0.2) is 5.79 Å². The van der Waals surface area contributed by atoms with Crippen LogP contribution in [0.15, 0.2) is 30.3 Å². The Bertz CT molecular complexity index is 491. The molecule has 2 aliphatic heterocycles. The van der Waals surface area contributed by atoms with Crippen LogP contribution in [0.5, 0.6) is 0 Å². The van der Waals surface area contributed by atoms with Crippen molar-refractivity contribution in [1.82, 2.24) is 4.90 Å². The molecule has 0 bridgehead atoms. The Labute approximate surface area is 119 Å². The Morgan fingerprint density at radius 1 is 1.30 bits per heavy atom. The number of ether oxygens (including phenoxy) is 2. The van der Waals surface area contributed by atoms with Crippen molar-refractivity contribution in [3.8, 4) is 6.07 Å². The predicted molar refractivity (Wildman–Crippen MR) is 74.8 cm³/mol. The van der Waals surface area contributed by atoms with E-state index in [9.17, 15) is 5.26 Å². The molecule has 20 heavy (non-hydrogen) atoms. The minimum absolute atomic E-state index is 0.156. The van der Waals surface area contributed by atoms with Gasteiger partial charge in [0.25, 0.3) is 0 Å². The quantitative estimate of drug-likeness (QED) is 0.829. The summed E-state index contributed by atoms with van der Waals surface area (Å²) in [5.41, 5.74) is 1.25. The zero-order chi connectivity index (χ0) is 14.0. The molecule has 0 radical (unpaired) electrons. The van der Waals surface area contributed by atoms with Crippen molar-refractivity contribution in [3.63, 3.8) is 0 Å². The molecule has 3 rings (SSSR count). The third kappa shape index (κ3) is 2.45. The van der Waals surface area contributed by atoms with Gasteiger partial charge in [-0.25, -0.2) is 0 Å². The summed E-state index contributed by atoms with van der Waals surface area (Å²) in [6.07, 6.45) is 1.48. The Morgan fingerprint density at radius 3 is 2.65 bits per heavy atom. The number of hydrogen-bond donors (Lipinski definition) is 0. The molecule has 2 aliphatic rings. The van der Waals surface area contributed by atoms with Gasteiger partial charge in [0, 0.05) is 25.4 Å². The van der Waals surface area contributed by atoms with Crippen LogP contribution in [0, 0.1) is 11.3 Å². The fourth-order valence-electron chi connectivity index (χ4n) is 3.23. The summed E-state index contributed by atoms with van der Waals surface area (Å²) in [6, 6.07) is 12.8. The van der Waals surface area contributed by atoms with Crippen molar-refractivity contribution in [3.05, 3.63) is 35.9 Å². The molecular formula is C16H20N2O2. The van der Waals surface area contributed by atoms with Crippen LogP contribution >= 0.6 is 0 Å². The van der Waals surface area contributed by atoms with Crippen molar-refractivity contribution >= 4 is 0 Å². The first-order valence-electron chi connectivity index (χ1n) is 7.22. The van der Waals surface area contributed by atoms with Gasteiger partial charge in [-0.2, -0.15) is 5.26 Å². The molecule has 4 heteroatoms. The van der Waals surface area contributed by atoms with Crippen molar-refractivity contribution < 1.29 is 9.47 Å². The van der Waals surface area contributed by atoms with Crippen LogP contribution in [-0.4, -0.2) is 36.5 Å². The largest absolute Gasteiger partial charge is 0.347 e. The predicted octanol–water partition coefficient (Wildman–Crippen LogP) is 2.48. The van der Waals surface area contributed by atoms with Gasteiger partial charge >= 0.3 is 0 Å². The minimum Gasteiger partial charge on any atom is -0.347 e. The van der Waals surface area contributed by atoms with Crippen LogP contribution in [0.2, 0.25) is 0 Å². The van der Waals surface area contributed by atoms with Gasteiger partial charge in [0.1, 0.15) is 6.04 Å². The minimum atomic E-state index is -0.507. The molecule has 0 amide bonds. The topological polar surface area (TPSA) is 45.5 Å². The van der Waals surface area contributed by atoms with Gasteiger partial charge in [-0.1, -0.05) is 30.3 Å². The summed E-state index contributed by atoms with van der Waals surface area (Å²) in [5.74, 6) is -0.507. The van der Waals surface area contributed by atoms with Gasteiger partial charge in [-0.15, -0.1) is 0 Å². The third-order valence-electron chi connectivity index (χ3n) is 4.40. The van der Waals surface area contributed by atoms with E-state index in [2.05, 4.69) is 30.0 Å². The second-order valence-corrected chi connectivity index (χ2v) is 5.53. The van der Waals surface area contributed by atoms with Gasteiger partial charge in [0.2, 0.25) is 0 Å². The smallest absolute Gasteiger partial charge is 0.172 e. The molecule has 0 aliphatic carbocycles. The Balaban J connectivity index is 1.76. The number of nitriles is 1. The standard InChI is InChI=1S/C16H20N2O2/c1-13(14-5-3-2-4-6-14)18-8-7-16(11-15(18)12-17)19-9-10-20-16/h2-6,13,15H,7-11H2,1H3/t13-,15+/m0/s1. The molecule has 2 heterocycles. The average Bonchev–Trinajstić information content (AvgIpc) is 2.95. The maximum absolute atomic E-state index is 9.50. The number of nitrogens with zero attached hydrogens (tertiary/aromatic N) is 2. The number of rotatable bonds is 2. The highest BCUT2D eigenvalue weighted by atomic mass is 16.7. The molecule has 2 saturated heterocycles. The molecule has 106 valence electrons. The van der Waals surface area contributed by atoms with Crippen LogP contribution < -0.4 is 0 Å². The van der Waals surface area contributed by atoms with E-state index in [4.69, 9.17) is 9.47 Å². The second kappa shape index (κ2) is 5.53. The normalized spacial score (nSPS) is 27.3. The number of benzene rings is 1. The van der Waals surface area contributed by atoms with Crippen LogP contribution in [0.1, 0.15) is 31.4 Å². The van der Waals surface area contributed by atoms with E-state index in [1.165, 1.54) is 5.56 Å². The lowest BCUT2D eigenvalue weighted by Gasteiger charge is -2.43. The Hall–Kier alpha value is -1.41. The van der Waals surface area contributed by atoms with Crippen LogP contribution in [0.25, 0.3) is 0 Å². The van der Waals surface area contributed by atoms with E-state index < -0.39 is 5.79 Å². The van der Waals surface area contributed by atoms with E-state index in [-0.39, 0.29) is 12.1 Å². The summed E-state index contributed by atoms with van der Waals surface area (Å²) in [5, 5.41) is 9.50. The monoisotopic (exact) mass is 272 g/mol. The van der Waals surface area contributed by atoms with Crippen molar-refractivity contribution in [1.29, 1.82) is 5.26 Å². The van der Waals surface area contributed by atoms with Crippen LogP contribution in [0.3, 0.4) is 0 Å². The number of piperidine rings is 1. The third-order valence-corrected chi connectivity index (χ3v) is 4.40. The summed E-state index contributed by atoms with van der Waals surface area (Å²) >= 11 is 0. The highest BCUT2D eigenvalue weighted by Crippen LogP contribution is 2.37. The molecule has 4 nitrogen and oxygen atoms in total.